The van der Waals surface area contributed by atoms with E-state index in [0.717, 1.165) is 24.1 Å². The third-order valence-corrected chi connectivity index (χ3v) is 2.90. The van der Waals surface area contributed by atoms with Gasteiger partial charge in [-0.05, 0) is 0 Å². The highest BCUT2D eigenvalue weighted by Gasteiger charge is 2.31. The van der Waals surface area contributed by atoms with E-state index >= 15 is 0 Å². The lowest BCUT2D eigenvalue weighted by Gasteiger charge is -2.18. The lowest BCUT2D eigenvalue weighted by Crippen LogP contribution is -2.28. The maximum absolute atomic E-state index is 5.55. The monoisotopic (exact) mass is 158 g/mol. The predicted octanol–water partition coefficient (Wildman–Crippen LogP) is 0.0629. The molecule has 0 spiro atoms. The van der Waals surface area contributed by atoms with Crippen LogP contribution in [0.15, 0.2) is 4.99 Å². The molecule has 1 fully saturated rings. The van der Waals surface area contributed by atoms with Crippen molar-refractivity contribution >= 4 is 16.9 Å². The van der Waals surface area contributed by atoms with Gasteiger partial charge in [0.15, 0.2) is 5.17 Å². The molecule has 2 N–H and O–H groups in total. The average Bonchev–Trinajstić information content (AvgIpc) is 2.33. The topological polar surface area (TPSA) is 47.6 Å². The number of nitrogens with two attached hydrogens (primary N) is 1. The van der Waals surface area contributed by atoms with E-state index in [2.05, 4.69) is 4.99 Å². The van der Waals surface area contributed by atoms with Crippen LogP contribution in [0.3, 0.4) is 0 Å². The summed E-state index contributed by atoms with van der Waals surface area (Å²) < 4.78 is 5.26. The van der Waals surface area contributed by atoms with Gasteiger partial charge in [0, 0.05) is 11.7 Å². The summed E-state index contributed by atoms with van der Waals surface area (Å²) in [5, 5.41) is 0.728. The smallest absolute Gasteiger partial charge is 0.154 e. The van der Waals surface area contributed by atoms with Gasteiger partial charge in [0.05, 0.1) is 19.3 Å². The molecule has 0 aromatic rings. The van der Waals surface area contributed by atoms with Crippen molar-refractivity contribution in [3.05, 3.63) is 0 Å². The molecule has 10 heavy (non-hydrogen) atoms. The first-order valence-corrected chi connectivity index (χ1v) is 4.38. The minimum absolute atomic E-state index is 0.362. The second-order valence-corrected chi connectivity index (χ2v) is 3.68. The Morgan fingerprint density at radius 1 is 1.60 bits per heavy atom. The molecule has 0 amide bonds. The summed E-state index contributed by atoms with van der Waals surface area (Å²) >= 11 is 1.64. The first-order chi connectivity index (χ1) is 4.86. The number of hydrogen-bond donors (Lipinski definition) is 1. The zero-order valence-corrected chi connectivity index (χ0v) is 6.43. The largest absolute Gasteiger partial charge is 0.379 e. The summed E-state index contributed by atoms with van der Waals surface area (Å²) in [6, 6.07) is 0.362. The third-order valence-electron chi connectivity index (χ3n) is 1.90. The Kier molecular flexibility index (Phi) is 1.58. The van der Waals surface area contributed by atoms with E-state index in [1.807, 2.05) is 0 Å². The molecule has 0 bridgehead atoms. The lowest BCUT2D eigenvalue weighted by molar-refractivity contribution is 0.187. The van der Waals surface area contributed by atoms with Crippen molar-refractivity contribution in [2.75, 3.05) is 19.0 Å². The summed E-state index contributed by atoms with van der Waals surface area (Å²) in [6.45, 7) is 1.64. The Bertz CT molecular complexity index is 171. The van der Waals surface area contributed by atoms with Gasteiger partial charge in [-0.15, -0.1) is 0 Å². The van der Waals surface area contributed by atoms with E-state index in [-0.39, 0.29) is 0 Å². The Labute approximate surface area is 64.0 Å². The van der Waals surface area contributed by atoms with Crippen molar-refractivity contribution in [2.24, 2.45) is 16.6 Å². The Morgan fingerprint density at radius 2 is 2.50 bits per heavy atom. The fourth-order valence-electron chi connectivity index (χ4n) is 1.28. The molecule has 0 aliphatic carbocycles. The molecule has 0 saturated carbocycles. The number of ether oxygens (including phenoxy) is 1. The first-order valence-electron chi connectivity index (χ1n) is 3.40. The quantitative estimate of drug-likeness (QED) is 0.542. The van der Waals surface area contributed by atoms with Crippen LogP contribution in [-0.2, 0) is 4.74 Å². The Balaban J connectivity index is 2.13. The number of thioether (sulfide) groups is 1. The molecule has 4 heteroatoms. The molecule has 2 atom stereocenters. The molecule has 1 saturated heterocycles. The average molecular weight is 158 g/mol. The van der Waals surface area contributed by atoms with E-state index in [0.29, 0.717) is 12.0 Å². The SMILES string of the molecule is NC1=NC2COC[C@H]2CS1. The van der Waals surface area contributed by atoms with Crippen LogP contribution in [0.5, 0.6) is 0 Å². The Hall–Kier alpha value is -0.220. The number of fused-ring (bicyclic) bond motifs is 1. The van der Waals surface area contributed by atoms with Crippen LogP contribution >= 0.6 is 11.8 Å². The predicted molar refractivity (Wildman–Crippen MR) is 42.2 cm³/mol. The van der Waals surface area contributed by atoms with Gasteiger partial charge in [0.25, 0.3) is 0 Å². The fraction of sp³-hybridized carbons (Fsp3) is 0.833. The van der Waals surface area contributed by atoms with Gasteiger partial charge in [-0.2, -0.15) is 0 Å². The summed E-state index contributed by atoms with van der Waals surface area (Å²) in [5.74, 6) is 1.71. The third kappa shape index (κ3) is 1.01. The summed E-state index contributed by atoms with van der Waals surface area (Å²) in [4.78, 5) is 4.28. The Morgan fingerprint density at radius 3 is 3.40 bits per heavy atom. The van der Waals surface area contributed by atoms with Crippen molar-refractivity contribution in [2.45, 2.75) is 6.04 Å². The maximum atomic E-state index is 5.55. The van der Waals surface area contributed by atoms with Crippen molar-refractivity contribution in [3.63, 3.8) is 0 Å². The van der Waals surface area contributed by atoms with Gasteiger partial charge < -0.3 is 10.5 Å². The maximum Gasteiger partial charge on any atom is 0.154 e. The minimum Gasteiger partial charge on any atom is -0.379 e. The summed E-state index contributed by atoms with van der Waals surface area (Å²) in [5.41, 5.74) is 5.55. The molecule has 56 valence electrons. The summed E-state index contributed by atoms with van der Waals surface area (Å²) in [6.07, 6.45) is 0. The van der Waals surface area contributed by atoms with Crippen LogP contribution in [-0.4, -0.2) is 30.2 Å². The van der Waals surface area contributed by atoms with E-state index in [4.69, 9.17) is 10.5 Å². The van der Waals surface area contributed by atoms with Gasteiger partial charge in [-0.1, -0.05) is 11.8 Å². The van der Waals surface area contributed by atoms with E-state index in [1.165, 1.54) is 0 Å². The summed E-state index contributed by atoms with van der Waals surface area (Å²) in [7, 11) is 0. The van der Waals surface area contributed by atoms with Crippen molar-refractivity contribution in [1.29, 1.82) is 0 Å². The van der Waals surface area contributed by atoms with Gasteiger partial charge in [-0.25, -0.2) is 0 Å². The molecule has 0 aromatic carbocycles. The molecule has 0 aromatic heterocycles. The second kappa shape index (κ2) is 2.43. The highest BCUT2D eigenvalue weighted by molar-refractivity contribution is 8.13. The zero-order valence-electron chi connectivity index (χ0n) is 5.62. The molecule has 2 heterocycles. The number of hydrogen-bond acceptors (Lipinski definition) is 4. The van der Waals surface area contributed by atoms with Crippen LogP contribution in [0.1, 0.15) is 0 Å². The van der Waals surface area contributed by atoms with Gasteiger partial charge in [0.1, 0.15) is 0 Å². The normalized spacial score (nSPS) is 39.0. The number of amidine groups is 1. The number of aliphatic imine (C=N–C) groups is 1. The van der Waals surface area contributed by atoms with Crippen LogP contribution in [0, 0.1) is 5.92 Å². The standard InChI is InChI=1S/C6H10N2OS/c7-6-8-5-2-9-1-4(5)3-10-6/h4-5H,1-3H2,(H2,7,8)/t4-,5?/m0/s1. The molecule has 0 radical (unpaired) electrons. The molecule has 2 aliphatic rings. The molecule has 3 nitrogen and oxygen atoms in total. The second-order valence-electron chi connectivity index (χ2n) is 2.64. The number of rotatable bonds is 0. The lowest BCUT2D eigenvalue weighted by atomic mass is 10.1. The minimum atomic E-state index is 0.362. The molecule has 2 rings (SSSR count). The molecule has 2 aliphatic heterocycles. The van der Waals surface area contributed by atoms with E-state index in [9.17, 15) is 0 Å². The van der Waals surface area contributed by atoms with Crippen LogP contribution in [0.4, 0.5) is 0 Å². The van der Waals surface area contributed by atoms with E-state index < -0.39 is 0 Å². The molecular weight excluding hydrogens is 148 g/mol. The number of nitrogens with zero attached hydrogens (tertiary/aromatic N) is 1. The molecular formula is C6H10N2OS. The van der Waals surface area contributed by atoms with Crippen molar-refractivity contribution in [3.8, 4) is 0 Å². The zero-order chi connectivity index (χ0) is 6.97. The fourth-order valence-corrected chi connectivity index (χ4v) is 2.20. The van der Waals surface area contributed by atoms with Gasteiger partial charge >= 0.3 is 0 Å². The highest BCUT2D eigenvalue weighted by Crippen LogP contribution is 2.26. The van der Waals surface area contributed by atoms with Crippen LogP contribution < -0.4 is 5.73 Å². The van der Waals surface area contributed by atoms with E-state index in [1.54, 1.807) is 11.8 Å². The van der Waals surface area contributed by atoms with Crippen molar-refractivity contribution in [1.82, 2.24) is 0 Å². The molecule has 1 unspecified atom stereocenters. The van der Waals surface area contributed by atoms with Gasteiger partial charge in [-0.3, -0.25) is 4.99 Å². The van der Waals surface area contributed by atoms with Crippen LogP contribution in [0.2, 0.25) is 0 Å². The van der Waals surface area contributed by atoms with Crippen molar-refractivity contribution < 1.29 is 4.74 Å². The van der Waals surface area contributed by atoms with Gasteiger partial charge in [0.2, 0.25) is 0 Å². The first kappa shape index (κ1) is 6.49. The highest BCUT2D eigenvalue weighted by atomic mass is 32.2. The van der Waals surface area contributed by atoms with Crippen LogP contribution in [0.25, 0.3) is 0 Å².